The van der Waals surface area contributed by atoms with Crippen LogP contribution >= 0.6 is 0 Å². The first-order valence-electron chi connectivity index (χ1n) is 5.95. The van der Waals surface area contributed by atoms with Crippen LogP contribution in [-0.4, -0.2) is 5.91 Å². The first kappa shape index (κ1) is 13.1. The van der Waals surface area contributed by atoms with E-state index in [0.29, 0.717) is 17.7 Å². The Morgan fingerprint density at radius 1 is 1.16 bits per heavy atom. The minimum atomic E-state index is -0.484. The Labute approximate surface area is 111 Å². The van der Waals surface area contributed by atoms with Crippen molar-refractivity contribution in [3.05, 3.63) is 65.5 Å². The highest BCUT2D eigenvalue weighted by atomic mass is 19.1. The molecule has 0 fully saturated rings. The van der Waals surface area contributed by atoms with Crippen molar-refractivity contribution in [1.82, 2.24) is 0 Å². The zero-order chi connectivity index (χ0) is 13.8. The molecule has 2 aromatic carbocycles. The van der Waals surface area contributed by atoms with Crippen LogP contribution in [0.1, 0.15) is 17.0 Å². The molecule has 1 amide bonds. The molecule has 0 aromatic heterocycles. The minimum Gasteiger partial charge on any atom is -0.399 e. The van der Waals surface area contributed by atoms with E-state index in [0.717, 1.165) is 5.56 Å². The van der Waals surface area contributed by atoms with Crippen molar-refractivity contribution in [2.75, 3.05) is 5.73 Å². The number of nitrogen functional groups attached to an aromatic ring is 1. The van der Waals surface area contributed by atoms with E-state index >= 15 is 0 Å². The number of nitrogens with two attached hydrogens (primary N) is 2. The number of carbonyl (C=O) groups excluding carboxylic acids is 1. The highest BCUT2D eigenvalue weighted by Crippen LogP contribution is 2.22. The van der Waals surface area contributed by atoms with Crippen molar-refractivity contribution in [2.24, 2.45) is 5.73 Å². The molecule has 2 aromatic rings. The average Bonchev–Trinajstić information content (AvgIpc) is 2.37. The van der Waals surface area contributed by atoms with Gasteiger partial charge in [-0.1, -0.05) is 24.3 Å². The first-order valence-corrected chi connectivity index (χ1v) is 5.95. The second-order valence-corrected chi connectivity index (χ2v) is 4.46. The van der Waals surface area contributed by atoms with Gasteiger partial charge >= 0.3 is 0 Å². The Morgan fingerprint density at radius 2 is 1.84 bits per heavy atom. The number of hydrogen-bond donors (Lipinski definition) is 2. The Balaban J connectivity index is 2.26. The number of primary amides is 1. The third-order valence-electron chi connectivity index (χ3n) is 3.01. The lowest BCUT2D eigenvalue weighted by Gasteiger charge is -2.14. The van der Waals surface area contributed by atoms with Crippen molar-refractivity contribution in [3.63, 3.8) is 0 Å². The Morgan fingerprint density at radius 3 is 2.42 bits per heavy atom. The Hall–Kier alpha value is -2.36. The summed E-state index contributed by atoms with van der Waals surface area (Å²) in [5.41, 5.74) is 13.4. The van der Waals surface area contributed by atoms with Crippen LogP contribution in [0.2, 0.25) is 0 Å². The zero-order valence-corrected chi connectivity index (χ0v) is 10.3. The Kier molecular flexibility index (Phi) is 3.80. The monoisotopic (exact) mass is 258 g/mol. The molecule has 0 heterocycles. The summed E-state index contributed by atoms with van der Waals surface area (Å²) in [6, 6.07) is 13.1. The van der Waals surface area contributed by atoms with Crippen molar-refractivity contribution in [3.8, 4) is 0 Å². The summed E-state index contributed by atoms with van der Waals surface area (Å²) >= 11 is 0. The quantitative estimate of drug-likeness (QED) is 0.825. The van der Waals surface area contributed by atoms with E-state index in [4.69, 9.17) is 11.5 Å². The lowest BCUT2D eigenvalue weighted by atomic mass is 9.91. The molecule has 0 bridgehead atoms. The van der Waals surface area contributed by atoms with Gasteiger partial charge < -0.3 is 11.5 Å². The maximum absolute atomic E-state index is 12.9. The first-order chi connectivity index (χ1) is 9.06. The number of hydrogen-bond acceptors (Lipinski definition) is 2. The van der Waals surface area contributed by atoms with Gasteiger partial charge in [-0.25, -0.2) is 4.39 Å². The number of halogens is 1. The maximum atomic E-state index is 12.9. The SMILES string of the molecule is NC(=O)C(Cc1cccc(N)c1)c1ccc(F)cc1. The van der Waals surface area contributed by atoms with E-state index in [1.54, 1.807) is 24.3 Å². The molecule has 3 nitrogen and oxygen atoms in total. The topological polar surface area (TPSA) is 69.1 Å². The van der Waals surface area contributed by atoms with Gasteiger partial charge in [0.1, 0.15) is 5.82 Å². The summed E-state index contributed by atoms with van der Waals surface area (Å²) in [6.07, 6.45) is 0.450. The summed E-state index contributed by atoms with van der Waals surface area (Å²) in [4.78, 5) is 11.6. The third-order valence-corrected chi connectivity index (χ3v) is 3.01. The van der Waals surface area contributed by atoms with Crippen LogP contribution in [0.4, 0.5) is 10.1 Å². The Bertz CT molecular complexity index is 581. The summed E-state index contributed by atoms with van der Waals surface area (Å²) in [5.74, 6) is -1.26. The fourth-order valence-corrected chi connectivity index (χ4v) is 2.03. The van der Waals surface area contributed by atoms with Crippen LogP contribution in [0, 0.1) is 5.82 Å². The van der Waals surface area contributed by atoms with Gasteiger partial charge in [0, 0.05) is 5.69 Å². The van der Waals surface area contributed by atoms with E-state index in [2.05, 4.69) is 0 Å². The van der Waals surface area contributed by atoms with E-state index in [9.17, 15) is 9.18 Å². The average molecular weight is 258 g/mol. The molecular formula is C15H15FN2O. The molecule has 19 heavy (non-hydrogen) atoms. The van der Waals surface area contributed by atoms with E-state index < -0.39 is 11.8 Å². The van der Waals surface area contributed by atoms with Crippen molar-refractivity contribution < 1.29 is 9.18 Å². The predicted molar refractivity (Wildman–Crippen MR) is 72.9 cm³/mol. The summed E-state index contributed by atoms with van der Waals surface area (Å²) in [5, 5.41) is 0. The second-order valence-electron chi connectivity index (χ2n) is 4.46. The normalized spacial score (nSPS) is 12.1. The van der Waals surface area contributed by atoms with Crippen LogP contribution in [0.25, 0.3) is 0 Å². The van der Waals surface area contributed by atoms with Crippen LogP contribution < -0.4 is 11.5 Å². The fourth-order valence-electron chi connectivity index (χ4n) is 2.03. The van der Waals surface area contributed by atoms with Crippen LogP contribution in [0.3, 0.4) is 0 Å². The molecule has 0 saturated heterocycles. The van der Waals surface area contributed by atoms with Gasteiger partial charge in [0.05, 0.1) is 5.92 Å². The van der Waals surface area contributed by atoms with Gasteiger partial charge in [0.25, 0.3) is 0 Å². The minimum absolute atomic E-state index is 0.337. The molecule has 0 radical (unpaired) electrons. The van der Waals surface area contributed by atoms with Crippen LogP contribution in [0.15, 0.2) is 48.5 Å². The molecule has 0 saturated carbocycles. The molecule has 0 aliphatic rings. The molecule has 98 valence electrons. The molecule has 0 spiro atoms. The second kappa shape index (κ2) is 5.52. The molecule has 1 atom stereocenters. The number of anilines is 1. The highest BCUT2D eigenvalue weighted by molar-refractivity contribution is 5.82. The number of carbonyl (C=O) groups is 1. The predicted octanol–water partition coefficient (Wildman–Crippen LogP) is 2.22. The van der Waals surface area contributed by atoms with Gasteiger partial charge in [0.15, 0.2) is 0 Å². The van der Waals surface area contributed by atoms with E-state index in [1.165, 1.54) is 12.1 Å². The van der Waals surface area contributed by atoms with E-state index in [-0.39, 0.29) is 5.82 Å². The van der Waals surface area contributed by atoms with E-state index in [1.807, 2.05) is 12.1 Å². The van der Waals surface area contributed by atoms with Gasteiger partial charge in [-0.3, -0.25) is 4.79 Å². The van der Waals surface area contributed by atoms with Gasteiger partial charge in [-0.15, -0.1) is 0 Å². The zero-order valence-electron chi connectivity index (χ0n) is 10.3. The van der Waals surface area contributed by atoms with Crippen LogP contribution in [0.5, 0.6) is 0 Å². The highest BCUT2D eigenvalue weighted by Gasteiger charge is 2.18. The number of amides is 1. The van der Waals surface area contributed by atoms with Gasteiger partial charge in [-0.2, -0.15) is 0 Å². The molecule has 2 rings (SSSR count). The third kappa shape index (κ3) is 3.31. The lowest BCUT2D eigenvalue weighted by Crippen LogP contribution is -2.23. The molecule has 0 aliphatic heterocycles. The number of rotatable bonds is 4. The van der Waals surface area contributed by atoms with Crippen molar-refractivity contribution in [2.45, 2.75) is 12.3 Å². The van der Waals surface area contributed by atoms with Gasteiger partial charge in [-0.05, 0) is 41.8 Å². The summed E-state index contributed by atoms with van der Waals surface area (Å²) < 4.78 is 12.9. The van der Waals surface area contributed by atoms with Gasteiger partial charge in [0.2, 0.25) is 5.91 Å². The van der Waals surface area contributed by atoms with Crippen LogP contribution in [-0.2, 0) is 11.2 Å². The maximum Gasteiger partial charge on any atom is 0.225 e. The summed E-state index contributed by atoms with van der Waals surface area (Å²) in [7, 11) is 0. The standard InChI is InChI=1S/C15H15FN2O/c16-12-6-4-11(5-7-12)14(15(18)19)9-10-2-1-3-13(17)8-10/h1-8,14H,9,17H2,(H2,18,19). The van der Waals surface area contributed by atoms with Crippen molar-refractivity contribution >= 4 is 11.6 Å². The molecule has 4 N–H and O–H groups in total. The summed E-state index contributed by atoms with van der Waals surface area (Å²) in [6.45, 7) is 0. The smallest absolute Gasteiger partial charge is 0.225 e. The molecule has 0 aliphatic carbocycles. The molecule has 1 unspecified atom stereocenters. The lowest BCUT2D eigenvalue weighted by molar-refractivity contribution is -0.119. The largest absolute Gasteiger partial charge is 0.399 e. The molecule has 4 heteroatoms. The number of benzene rings is 2. The fraction of sp³-hybridized carbons (Fsp3) is 0.133. The molecular weight excluding hydrogens is 243 g/mol. The van der Waals surface area contributed by atoms with Crippen molar-refractivity contribution in [1.29, 1.82) is 0 Å².